The summed E-state index contributed by atoms with van der Waals surface area (Å²) >= 11 is 0. The van der Waals surface area contributed by atoms with Gasteiger partial charge in [0.25, 0.3) is 0 Å². The number of benzene rings is 1. The average Bonchev–Trinajstić information content (AvgIpc) is 3.20. The molecule has 7 rings (SSSR count). The zero-order valence-electron chi connectivity index (χ0n) is 32.5. The van der Waals surface area contributed by atoms with Crippen LogP contribution in [0.4, 0.5) is 11.8 Å². The number of fused-ring (bicyclic) bond motifs is 1. The lowest BCUT2D eigenvalue weighted by Crippen LogP contribution is -2.40. The first-order valence-corrected chi connectivity index (χ1v) is 20.7. The molecule has 4 fully saturated rings. The monoisotopic (exact) mass is 754 g/mol. The van der Waals surface area contributed by atoms with Crippen LogP contribution in [0, 0.1) is 12.3 Å². The quantitative estimate of drug-likeness (QED) is 0.113. The molecule has 55 heavy (non-hydrogen) atoms. The fourth-order valence-corrected chi connectivity index (χ4v) is 8.77. The van der Waals surface area contributed by atoms with Crippen LogP contribution in [0.5, 0.6) is 0 Å². The summed E-state index contributed by atoms with van der Waals surface area (Å²) in [4.78, 5) is 39.6. The molecule has 3 aromatic rings. The second-order valence-corrected chi connectivity index (χ2v) is 16.0. The largest absolute Gasteiger partial charge is 0.481 e. The van der Waals surface area contributed by atoms with Crippen molar-refractivity contribution in [2.75, 3.05) is 11.5 Å². The van der Waals surface area contributed by atoms with Crippen LogP contribution >= 0.6 is 0 Å². The Bertz CT molecular complexity index is 1640. The molecule has 1 unspecified atom stereocenters. The third-order valence-electron chi connectivity index (χ3n) is 11.8. The van der Waals surface area contributed by atoms with Gasteiger partial charge >= 0.3 is 11.9 Å². The normalized spacial score (nSPS) is 19.8. The Labute approximate surface area is 326 Å². The fourth-order valence-electron chi connectivity index (χ4n) is 8.77. The van der Waals surface area contributed by atoms with Crippen LogP contribution in [0.25, 0.3) is 11.2 Å². The van der Waals surface area contributed by atoms with E-state index in [0.29, 0.717) is 11.3 Å². The number of nitrogens with one attached hydrogen (secondary N) is 2. The van der Waals surface area contributed by atoms with Crippen LogP contribution in [0.3, 0.4) is 0 Å². The van der Waals surface area contributed by atoms with Gasteiger partial charge in [0, 0.05) is 37.0 Å². The number of aromatic carboxylic acids is 1. The van der Waals surface area contributed by atoms with Crippen molar-refractivity contribution in [3.8, 4) is 12.3 Å². The van der Waals surface area contributed by atoms with Crippen LogP contribution in [0.2, 0.25) is 0 Å². The predicted molar refractivity (Wildman–Crippen MR) is 218 cm³/mol. The van der Waals surface area contributed by atoms with Crippen molar-refractivity contribution in [3.63, 3.8) is 0 Å². The van der Waals surface area contributed by atoms with Crippen LogP contribution in [-0.2, 0) is 16.6 Å². The second-order valence-electron chi connectivity index (χ2n) is 16.0. The lowest BCUT2D eigenvalue weighted by atomic mass is 9.74. The van der Waals surface area contributed by atoms with Gasteiger partial charge in [0.2, 0.25) is 5.95 Å². The van der Waals surface area contributed by atoms with Crippen LogP contribution in [0.15, 0.2) is 30.5 Å². The van der Waals surface area contributed by atoms with E-state index in [-0.39, 0.29) is 41.3 Å². The second kappa shape index (κ2) is 21.1. The summed E-state index contributed by atoms with van der Waals surface area (Å²) in [6.45, 7) is 0. The standard InChI is InChI=1S/C19H16N6O4.2C12H23N/c1-2-7-19(17(28)29,11-5-3-10(4-6-11)16(26)27)8-12-9-22-15-13(23-12)14(20)24-18(21)25-15;2*1-3-7-11(8-4-1)13-12-9-5-2-6-10-12/h1,3-6,9H,7-8H2,(H,26,27)(H,28,29)(H4,20,21,22,24,25);2*11-13H,1-10H2. The summed E-state index contributed by atoms with van der Waals surface area (Å²) in [6.07, 6.45) is 35.7. The highest BCUT2D eigenvalue weighted by atomic mass is 16.4. The first-order chi connectivity index (χ1) is 26.7. The summed E-state index contributed by atoms with van der Waals surface area (Å²) in [6, 6.07) is 9.00. The number of aliphatic carboxylic acids is 1. The number of nitrogen functional groups attached to an aromatic ring is 2. The smallest absolute Gasteiger partial charge is 0.335 e. The van der Waals surface area contributed by atoms with Gasteiger partial charge in [-0.15, -0.1) is 12.3 Å². The number of nitrogens with two attached hydrogens (primary N) is 2. The van der Waals surface area contributed by atoms with Crippen molar-refractivity contribution in [2.45, 2.75) is 171 Å². The van der Waals surface area contributed by atoms with E-state index in [1.54, 1.807) is 0 Å². The molecule has 12 heteroatoms. The van der Waals surface area contributed by atoms with E-state index in [1.165, 1.54) is 159 Å². The molecule has 0 bridgehead atoms. The molecule has 8 N–H and O–H groups in total. The summed E-state index contributed by atoms with van der Waals surface area (Å²) in [7, 11) is 0. The Morgan fingerprint density at radius 2 is 1.16 bits per heavy atom. The fraction of sp³-hybridized carbons (Fsp3) is 0.628. The maximum absolute atomic E-state index is 12.3. The number of nitrogens with zero attached hydrogens (tertiary/aromatic N) is 4. The summed E-state index contributed by atoms with van der Waals surface area (Å²) in [5.74, 6) is 0.0574. The highest BCUT2D eigenvalue weighted by Crippen LogP contribution is 2.33. The molecule has 0 saturated heterocycles. The maximum atomic E-state index is 12.3. The van der Waals surface area contributed by atoms with Gasteiger partial charge in [-0.3, -0.25) is 4.79 Å². The van der Waals surface area contributed by atoms with Gasteiger partial charge in [-0.25, -0.2) is 14.8 Å². The number of carbonyl (C=O) groups is 2. The van der Waals surface area contributed by atoms with Gasteiger partial charge in [-0.05, 0) is 69.1 Å². The lowest BCUT2D eigenvalue weighted by Gasteiger charge is -2.30. The Kier molecular flexibility index (Phi) is 16.0. The summed E-state index contributed by atoms with van der Waals surface area (Å²) < 4.78 is 0. The number of rotatable bonds is 10. The molecule has 0 aliphatic heterocycles. The van der Waals surface area contributed by atoms with Crippen LogP contribution < -0.4 is 22.1 Å². The highest BCUT2D eigenvalue weighted by molar-refractivity contribution is 5.88. The molecule has 298 valence electrons. The van der Waals surface area contributed by atoms with Crippen molar-refractivity contribution in [2.24, 2.45) is 0 Å². The molecule has 12 nitrogen and oxygen atoms in total. The molecule has 2 heterocycles. The number of anilines is 2. The Balaban J connectivity index is 0.000000183. The van der Waals surface area contributed by atoms with E-state index in [0.717, 1.165) is 24.2 Å². The molecule has 1 aromatic carbocycles. The minimum atomic E-state index is -1.54. The zero-order valence-corrected chi connectivity index (χ0v) is 32.5. The van der Waals surface area contributed by atoms with E-state index in [2.05, 4.69) is 36.5 Å². The number of hydrogen-bond acceptors (Lipinski definition) is 10. The number of carboxylic acid groups (broad SMARTS) is 2. The third-order valence-corrected chi connectivity index (χ3v) is 11.8. The number of aromatic nitrogens is 4. The molecule has 0 spiro atoms. The third kappa shape index (κ3) is 12.3. The van der Waals surface area contributed by atoms with Crippen LogP contribution in [-0.4, -0.2) is 66.3 Å². The van der Waals surface area contributed by atoms with Crippen LogP contribution in [0.1, 0.15) is 156 Å². The number of terminal acetylenes is 1. The molecule has 0 radical (unpaired) electrons. The molecule has 4 aliphatic carbocycles. The van der Waals surface area contributed by atoms with Gasteiger partial charge in [0.15, 0.2) is 17.0 Å². The first-order valence-electron chi connectivity index (χ1n) is 20.7. The molecule has 2 aromatic heterocycles. The molecule has 4 saturated carbocycles. The van der Waals surface area contributed by atoms with Crippen molar-refractivity contribution in [1.82, 2.24) is 30.6 Å². The number of hydrogen-bond donors (Lipinski definition) is 6. The zero-order chi connectivity index (χ0) is 39.0. The minimum absolute atomic E-state index is 0.0190. The van der Waals surface area contributed by atoms with Gasteiger partial charge < -0.3 is 32.3 Å². The van der Waals surface area contributed by atoms with E-state index < -0.39 is 17.4 Å². The molecular weight excluding hydrogens is 693 g/mol. The Hall–Kier alpha value is -4.34. The van der Waals surface area contributed by atoms with Gasteiger partial charge in [-0.2, -0.15) is 9.97 Å². The van der Waals surface area contributed by atoms with Crippen molar-refractivity contribution in [3.05, 3.63) is 47.3 Å². The van der Waals surface area contributed by atoms with Gasteiger partial charge in [0.05, 0.1) is 17.5 Å². The summed E-state index contributed by atoms with van der Waals surface area (Å²) in [5, 5.41) is 26.8. The first kappa shape index (κ1) is 41.8. The molecule has 4 aliphatic rings. The number of carboxylic acids is 2. The lowest BCUT2D eigenvalue weighted by molar-refractivity contribution is -0.143. The Morgan fingerprint density at radius 1 is 0.709 bits per heavy atom. The maximum Gasteiger partial charge on any atom is 0.335 e. The molecule has 1 atom stereocenters. The van der Waals surface area contributed by atoms with Crippen molar-refractivity contribution < 1.29 is 19.8 Å². The average molecular weight is 755 g/mol. The molecular formula is C43H62N8O4. The van der Waals surface area contributed by atoms with Gasteiger partial charge in [0.1, 0.15) is 5.41 Å². The van der Waals surface area contributed by atoms with E-state index >= 15 is 0 Å². The molecule has 0 amide bonds. The van der Waals surface area contributed by atoms with Crippen molar-refractivity contribution >= 4 is 34.9 Å². The Morgan fingerprint density at radius 3 is 1.56 bits per heavy atom. The topological polar surface area (TPSA) is 202 Å². The SMILES string of the molecule is C#CCC(Cc1cnc2nc(N)nc(N)c2n1)(C(=O)O)c1ccc(C(=O)O)cc1.C1CCC(NC2CCCCC2)CC1.C1CCC(NC2CCCCC2)CC1. The van der Waals surface area contributed by atoms with Crippen molar-refractivity contribution in [1.29, 1.82) is 0 Å². The van der Waals surface area contributed by atoms with E-state index in [4.69, 9.17) is 23.0 Å². The van der Waals surface area contributed by atoms with Gasteiger partial charge in [-0.1, -0.05) is 89.2 Å². The van der Waals surface area contributed by atoms with E-state index in [9.17, 15) is 14.7 Å². The van der Waals surface area contributed by atoms with E-state index in [1.807, 2.05) is 0 Å². The minimum Gasteiger partial charge on any atom is -0.481 e. The predicted octanol–water partition coefficient (Wildman–Crippen LogP) is 7.35. The highest BCUT2D eigenvalue weighted by Gasteiger charge is 2.41. The summed E-state index contributed by atoms with van der Waals surface area (Å²) in [5.41, 5.74) is 10.9.